The molecular formula is C31H37Cl2N3O4. The van der Waals surface area contributed by atoms with Gasteiger partial charge in [0.2, 0.25) is 0 Å². The van der Waals surface area contributed by atoms with Crippen LogP contribution in [0.3, 0.4) is 0 Å². The summed E-state index contributed by atoms with van der Waals surface area (Å²) in [5, 5.41) is 12.4. The Labute approximate surface area is 246 Å². The fourth-order valence-corrected chi connectivity index (χ4v) is 6.53. The van der Waals surface area contributed by atoms with Crippen molar-refractivity contribution in [3.8, 4) is 0 Å². The van der Waals surface area contributed by atoms with Gasteiger partial charge >= 0.3 is 5.97 Å². The van der Waals surface area contributed by atoms with Crippen molar-refractivity contribution in [2.45, 2.75) is 77.4 Å². The Bertz CT molecular complexity index is 1260. The van der Waals surface area contributed by atoms with E-state index >= 15 is 0 Å². The Morgan fingerprint density at radius 2 is 1.73 bits per heavy atom. The molecule has 1 atom stereocenters. The molecule has 2 aromatic rings. The van der Waals surface area contributed by atoms with Gasteiger partial charge in [0.15, 0.2) is 0 Å². The Morgan fingerprint density at radius 3 is 2.27 bits per heavy atom. The quantitative estimate of drug-likeness (QED) is 0.316. The normalized spacial score (nSPS) is 21.6. The second kappa shape index (κ2) is 12.7. The summed E-state index contributed by atoms with van der Waals surface area (Å²) < 4.78 is 0. The number of nitrogens with zero attached hydrogens (tertiary/aromatic N) is 2. The lowest BCUT2D eigenvalue weighted by molar-refractivity contribution is -0.137. The molecule has 1 aliphatic heterocycles. The van der Waals surface area contributed by atoms with Crippen molar-refractivity contribution in [3.05, 3.63) is 69.2 Å². The average Bonchev–Trinajstić information content (AvgIpc) is 3.18. The molecule has 40 heavy (non-hydrogen) atoms. The molecule has 1 saturated carbocycles. The molecule has 4 rings (SSSR count). The summed E-state index contributed by atoms with van der Waals surface area (Å²) in [5.41, 5.74) is 1.74. The third kappa shape index (κ3) is 6.52. The van der Waals surface area contributed by atoms with E-state index in [1.165, 1.54) is 0 Å². The number of aliphatic carboxylic acids is 1. The minimum atomic E-state index is -0.966. The van der Waals surface area contributed by atoms with Crippen LogP contribution in [0.2, 0.25) is 10.0 Å². The molecule has 1 fully saturated rings. The van der Waals surface area contributed by atoms with Crippen molar-refractivity contribution >= 4 is 46.7 Å². The Balaban J connectivity index is 1.68. The van der Waals surface area contributed by atoms with Gasteiger partial charge in [0.1, 0.15) is 11.4 Å². The van der Waals surface area contributed by atoms with Crippen LogP contribution >= 0.6 is 23.2 Å². The highest BCUT2D eigenvalue weighted by molar-refractivity contribution is 6.47. The van der Waals surface area contributed by atoms with E-state index in [4.69, 9.17) is 33.3 Å². The van der Waals surface area contributed by atoms with Gasteiger partial charge in [-0.05, 0) is 79.8 Å². The molecule has 0 saturated heterocycles. The van der Waals surface area contributed by atoms with Crippen molar-refractivity contribution in [1.82, 2.24) is 10.2 Å². The molecule has 1 heterocycles. The Morgan fingerprint density at radius 1 is 1.10 bits per heavy atom. The van der Waals surface area contributed by atoms with Gasteiger partial charge in [-0.2, -0.15) is 0 Å². The largest absolute Gasteiger partial charge is 0.481 e. The number of benzene rings is 2. The van der Waals surface area contributed by atoms with Crippen LogP contribution in [-0.2, 0) is 9.59 Å². The van der Waals surface area contributed by atoms with Gasteiger partial charge in [0.05, 0.1) is 12.5 Å². The lowest BCUT2D eigenvalue weighted by atomic mass is 9.76. The highest BCUT2D eigenvalue weighted by Crippen LogP contribution is 2.48. The summed E-state index contributed by atoms with van der Waals surface area (Å²) in [6.45, 7) is 6.66. The molecule has 9 heteroatoms. The number of halogens is 2. The molecule has 214 valence electrons. The van der Waals surface area contributed by atoms with E-state index in [2.05, 4.69) is 26.1 Å². The number of carboxylic acid groups (broad SMARTS) is 1. The highest BCUT2D eigenvalue weighted by Gasteiger charge is 2.52. The van der Waals surface area contributed by atoms with Gasteiger partial charge < -0.3 is 15.3 Å². The lowest BCUT2D eigenvalue weighted by Crippen LogP contribution is -2.51. The molecular weight excluding hydrogens is 549 g/mol. The number of carbonyl (C=O) groups is 3. The lowest BCUT2D eigenvalue weighted by Gasteiger charge is -2.46. The number of carboxylic acids is 1. The maximum absolute atomic E-state index is 14.3. The number of hydrogen-bond donors (Lipinski definition) is 2. The molecule has 0 radical (unpaired) electrons. The van der Waals surface area contributed by atoms with E-state index in [1.54, 1.807) is 30.3 Å². The average molecular weight is 587 g/mol. The fourth-order valence-electron chi connectivity index (χ4n) is 6.00. The van der Waals surface area contributed by atoms with Crippen LogP contribution in [0.15, 0.2) is 47.5 Å². The van der Waals surface area contributed by atoms with Crippen molar-refractivity contribution in [3.63, 3.8) is 0 Å². The van der Waals surface area contributed by atoms with Crippen LogP contribution in [0.25, 0.3) is 0 Å². The predicted molar refractivity (Wildman–Crippen MR) is 158 cm³/mol. The number of nitrogens with one attached hydrogen (secondary N) is 1. The molecule has 0 aromatic heterocycles. The predicted octanol–water partition coefficient (Wildman–Crippen LogP) is 6.91. The smallest absolute Gasteiger partial charge is 0.305 e. The van der Waals surface area contributed by atoms with Gasteiger partial charge in [0, 0.05) is 27.7 Å². The van der Waals surface area contributed by atoms with Crippen LogP contribution in [-0.4, -0.2) is 45.7 Å². The van der Waals surface area contributed by atoms with Gasteiger partial charge in [-0.25, -0.2) is 0 Å². The van der Waals surface area contributed by atoms with Crippen LogP contribution in [0, 0.1) is 11.8 Å². The summed E-state index contributed by atoms with van der Waals surface area (Å²) in [4.78, 5) is 44.7. The molecule has 2 aromatic carbocycles. The van der Waals surface area contributed by atoms with Gasteiger partial charge in [-0.3, -0.25) is 19.4 Å². The van der Waals surface area contributed by atoms with Crippen LogP contribution in [0.5, 0.6) is 0 Å². The van der Waals surface area contributed by atoms with Crippen LogP contribution in [0.4, 0.5) is 0 Å². The summed E-state index contributed by atoms with van der Waals surface area (Å²) in [6, 6.07) is 12.1. The second-order valence-corrected chi connectivity index (χ2v) is 12.1. The van der Waals surface area contributed by atoms with Crippen molar-refractivity contribution < 1.29 is 19.5 Å². The highest BCUT2D eigenvalue weighted by atomic mass is 35.5. The number of carbonyl (C=O) groups excluding carboxylic acids is 2. The first-order valence-corrected chi connectivity index (χ1v) is 14.8. The number of rotatable bonds is 10. The molecule has 7 nitrogen and oxygen atoms in total. The van der Waals surface area contributed by atoms with Gasteiger partial charge in [0.25, 0.3) is 11.8 Å². The molecule has 2 N–H and O–H groups in total. The molecule has 2 amide bonds. The maximum atomic E-state index is 14.3. The third-order valence-corrected chi connectivity index (χ3v) is 8.59. The summed E-state index contributed by atoms with van der Waals surface area (Å²) in [6.07, 6.45) is 5.00. The van der Waals surface area contributed by atoms with Crippen molar-refractivity contribution in [1.29, 1.82) is 0 Å². The molecule has 1 aliphatic carbocycles. The summed E-state index contributed by atoms with van der Waals surface area (Å²) in [7, 11) is 0. The zero-order chi connectivity index (χ0) is 29.0. The van der Waals surface area contributed by atoms with Gasteiger partial charge in [-0.15, -0.1) is 0 Å². The zero-order valence-corrected chi connectivity index (χ0v) is 24.8. The maximum Gasteiger partial charge on any atom is 0.305 e. The Kier molecular flexibility index (Phi) is 9.57. The second-order valence-electron chi connectivity index (χ2n) is 11.2. The first kappa shape index (κ1) is 30.1. The summed E-state index contributed by atoms with van der Waals surface area (Å²) >= 11 is 12.6. The zero-order valence-electron chi connectivity index (χ0n) is 23.3. The first-order valence-electron chi connectivity index (χ1n) is 14.0. The monoisotopic (exact) mass is 585 g/mol. The number of hydrogen-bond acceptors (Lipinski definition) is 4. The minimum Gasteiger partial charge on any atom is -0.481 e. The topological polar surface area (TPSA) is 99.1 Å². The van der Waals surface area contributed by atoms with E-state index in [-0.39, 0.29) is 30.8 Å². The third-order valence-electron chi connectivity index (χ3n) is 8.16. The molecule has 2 aliphatic rings. The van der Waals surface area contributed by atoms with Crippen LogP contribution in [0.1, 0.15) is 93.2 Å². The fraction of sp³-hybridized carbons (Fsp3) is 0.484. The molecule has 0 unspecified atom stereocenters. The first-order chi connectivity index (χ1) is 19.0. The van der Waals surface area contributed by atoms with E-state index in [0.717, 1.165) is 44.1 Å². The summed E-state index contributed by atoms with van der Waals surface area (Å²) in [5.74, 6) is -0.268. The SMILES string of the molecule is CCC[C@H](c1ccc(C(=O)NCCC(=O)O)cc1)N1C(=O)C(c2cc(Cl)cc(Cl)c2)=NC12CCC(C(C)C)CC2. The Hall–Kier alpha value is -2.90. The minimum absolute atomic E-state index is 0.0597. The molecule has 0 bridgehead atoms. The van der Waals surface area contributed by atoms with Crippen molar-refractivity contribution in [2.24, 2.45) is 16.8 Å². The van der Waals surface area contributed by atoms with Crippen molar-refractivity contribution in [2.75, 3.05) is 6.54 Å². The number of amides is 2. The van der Waals surface area contributed by atoms with E-state index < -0.39 is 11.6 Å². The van der Waals surface area contributed by atoms with Gasteiger partial charge in [-0.1, -0.05) is 62.5 Å². The standard InChI is InChI=1S/C31H37Cl2N3O4/c1-4-5-26(21-6-8-22(9-7-21)29(39)34-15-12-27(37)38)36-30(40)28(23-16-24(32)18-25(33)17-23)35-31(36)13-10-20(11-14-31)19(2)3/h6-9,16-20,26H,4-5,10-15H2,1-3H3,(H,34,39)(H,37,38)/t20?,26-,31?/m1/s1. The molecule has 1 spiro atoms. The van der Waals surface area contributed by atoms with Crippen LogP contribution < -0.4 is 5.32 Å². The van der Waals surface area contributed by atoms with E-state index in [9.17, 15) is 14.4 Å². The number of aliphatic imine (C=N–C) groups is 1. The van der Waals surface area contributed by atoms with E-state index in [0.29, 0.717) is 38.7 Å². The van der Waals surface area contributed by atoms with E-state index in [1.807, 2.05) is 17.0 Å².